The summed E-state index contributed by atoms with van der Waals surface area (Å²) in [6.45, 7) is 2.22. The first-order valence-electron chi connectivity index (χ1n) is 10.0. The Labute approximate surface area is 171 Å². The van der Waals surface area contributed by atoms with Gasteiger partial charge >= 0.3 is 5.97 Å². The summed E-state index contributed by atoms with van der Waals surface area (Å²) in [5, 5.41) is 11.1. The molecule has 0 unspecified atom stereocenters. The normalized spacial score (nSPS) is 23.4. The van der Waals surface area contributed by atoms with Crippen LogP contribution >= 0.6 is 0 Å². The van der Waals surface area contributed by atoms with Crippen LogP contribution in [0, 0.1) is 0 Å². The Balaban J connectivity index is 1.55. The maximum absolute atomic E-state index is 13.0. The third-order valence-electron chi connectivity index (χ3n) is 5.65. The van der Waals surface area contributed by atoms with E-state index in [4.69, 9.17) is 0 Å². The van der Waals surface area contributed by atoms with Crippen LogP contribution in [-0.2, 0) is 25.5 Å². The van der Waals surface area contributed by atoms with E-state index in [0.717, 1.165) is 18.4 Å². The molecule has 0 aromatic heterocycles. The van der Waals surface area contributed by atoms with Crippen molar-refractivity contribution < 1.29 is 24.2 Å². The van der Waals surface area contributed by atoms with Crippen molar-refractivity contribution in [3.63, 3.8) is 0 Å². The number of esters is 1. The van der Waals surface area contributed by atoms with Crippen molar-refractivity contribution in [2.24, 2.45) is 0 Å². The lowest BCUT2D eigenvalue weighted by Gasteiger charge is -2.42. The second-order valence-electron chi connectivity index (χ2n) is 7.77. The van der Waals surface area contributed by atoms with Gasteiger partial charge in [0.05, 0.1) is 13.7 Å². The Kier molecular flexibility index (Phi) is 6.87. The van der Waals surface area contributed by atoms with Crippen molar-refractivity contribution in [2.75, 3.05) is 52.9 Å². The van der Waals surface area contributed by atoms with Gasteiger partial charge in [0.15, 0.2) is 5.60 Å². The largest absolute Gasteiger partial charge is 0.468 e. The highest BCUT2D eigenvalue weighted by Crippen LogP contribution is 2.25. The number of piperazine rings is 1. The Morgan fingerprint density at radius 3 is 2.59 bits per heavy atom. The summed E-state index contributed by atoms with van der Waals surface area (Å²) < 4.78 is 4.61. The Bertz CT molecular complexity index is 741. The van der Waals surface area contributed by atoms with Gasteiger partial charge in [0.25, 0.3) is 5.91 Å². The van der Waals surface area contributed by atoms with Gasteiger partial charge in [-0.3, -0.25) is 19.3 Å². The van der Waals surface area contributed by atoms with E-state index in [1.165, 1.54) is 12.0 Å². The van der Waals surface area contributed by atoms with E-state index in [1.807, 2.05) is 30.3 Å². The summed E-state index contributed by atoms with van der Waals surface area (Å²) in [6, 6.07) is 9.96. The number of likely N-dealkylation sites (tertiary alicyclic amines) is 1. The zero-order chi connectivity index (χ0) is 20.9. The predicted molar refractivity (Wildman–Crippen MR) is 106 cm³/mol. The quantitative estimate of drug-likeness (QED) is 0.640. The van der Waals surface area contributed by atoms with Crippen LogP contribution in [0.15, 0.2) is 30.3 Å². The van der Waals surface area contributed by atoms with Gasteiger partial charge < -0.3 is 19.6 Å². The standard InChI is InChI=1S/C21H29N3O5/c1-29-19(26)15-24-13-12-22(14-18(24)25)16-21(28)9-5-10-23(20(21)27)11-8-17-6-3-2-4-7-17/h2-4,6-7,28H,5,8-16H2,1H3/t21-/m0/s1. The van der Waals surface area contributed by atoms with Gasteiger partial charge in [0, 0.05) is 32.7 Å². The van der Waals surface area contributed by atoms with Gasteiger partial charge in [-0.15, -0.1) is 0 Å². The van der Waals surface area contributed by atoms with Crippen molar-refractivity contribution in [3.8, 4) is 0 Å². The molecule has 2 heterocycles. The van der Waals surface area contributed by atoms with Crippen molar-refractivity contribution in [1.29, 1.82) is 0 Å². The molecule has 1 aromatic carbocycles. The number of benzene rings is 1. The number of β-amino-alcohol motifs (C(OH)–C–C–N with tert-alkyl or cyclic N) is 1. The molecule has 1 atom stereocenters. The zero-order valence-corrected chi connectivity index (χ0v) is 16.9. The van der Waals surface area contributed by atoms with Crippen molar-refractivity contribution in [2.45, 2.75) is 24.9 Å². The molecule has 1 aromatic rings. The zero-order valence-electron chi connectivity index (χ0n) is 16.9. The third-order valence-corrected chi connectivity index (χ3v) is 5.65. The van der Waals surface area contributed by atoms with Crippen LogP contribution < -0.4 is 0 Å². The predicted octanol–water partition coefficient (Wildman–Crippen LogP) is -0.100. The van der Waals surface area contributed by atoms with E-state index in [-0.39, 0.29) is 31.4 Å². The molecule has 3 rings (SSSR count). The van der Waals surface area contributed by atoms with Crippen LogP contribution in [0.2, 0.25) is 0 Å². The van der Waals surface area contributed by atoms with E-state index in [0.29, 0.717) is 32.6 Å². The number of hydrogen-bond donors (Lipinski definition) is 1. The Morgan fingerprint density at radius 1 is 1.14 bits per heavy atom. The Morgan fingerprint density at radius 2 is 1.90 bits per heavy atom. The molecule has 0 saturated carbocycles. The van der Waals surface area contributed by atoms with E-state index in [1.54, 1.807) is 9.80 Å². The van der Waals surface area contributed by atoms with Gasteiger partial charge in [-0.1, -0.05) is 30.3 Å². The number of ether oxygens (including phenoxy) is 1. The van der Waals surface area contributed by atoms with Gasteiger partial charge in [0.1, 0.15) is 6.54 Å². The number of methoxy groups -OCH3 is 1. The molecule has 29 heavy (non-hydrogen) atoms. The highest BCUT2D eigenvalue weighted by molar-refractivity contribution is 5.87. The minimum atomic E-state index is -1.47. The minimum Gasteiger partial charge on any atom is -0.468 e. The number of piperidine rings is 1. The summed E-state index contributed by atoms with van der Waals surface area (Å²) in [6.07, 6.45) is 1.87. The summed E-state index contributed by atoms with van der Waals surface area (Å²) in [5.74, 6) is -0.916. The smallest absolute Gasteiger partial charge is 0.325 e. The van der Waals surface area contributed by atoms with Gasteiger partial charge in [0.2, 0.25) is 5.91 Å². The van der Waals surface area contributed by atoms with E-state index in [2.05, 4.69) is 4.74 Å². The lowest BCUT2D eigenvalue weighted by Crippen LogP contribution is -2.61. The van der Waals surface area contributed by atoms with Crippen molar-refractivity contribution >= 4 is 17.8 Å². The summed E-state index contributed by atoms with van der Waals surface area (Å²) in [7, 11) is 1.29. The van der Waals surface area contributed by atoms with Crippen LogP contribution in [-0.4, -0.2) is 96.1 Å². The van der Waals surface area contributed by atoms with Gasteiger partial charge in [-0.05, 0) is 24.8 Å². The molecule has 1 N–H and O–H groups in total. The molecule has 0 spiro atoms. The molecule has 158 valence electrons. The molecular formula is C21H29N3O5. The maximum atomic E-state index is 13.0. The summed E-state index contributed by atoms with van der Waals surface area (Å²) in [4.78, 5) is 41.6. The number of hydrogen-bond acceptors (Lipinski definition) is 6. The molecule has 8 heteroatoms. The lowest BCUT2D eigenvalue weighted by atomic mass is 9.90. The van der Waals surface area contributed by atoms with Crippen LogP contribution in [0.3, 0.4) is 0 Å². The monoisotopic (exact) mass is 403 g/mol. The first kappa shape index (κ1) is 21.3. The third kappa shape index (κ3) is 5.33. The fourth-order valence-electron chi connectivity index (χ4n) is 3.98. The number of amides is 2. The highest BCUT2D eigenvalue weighted by Gasteiger charge is 2.44. The SMILES string of the molecule is COC(=O)CN1CCN(C[C@@]2(O)CCCN(CCc3ccccc3)C2=O)CC1=O. The molecular weight excluding hydrogens is 374 g/mol. The fraction of sp³-hybridized carbons (Fsp3) is 0.571. The average Bonchev–Trinajstić information content (AvgIpc) is 2.72. The topological polar surface area (TPSA) is 90.4 Å². The summed E-state index contributed by atoms with van der Waals surface area (Å²) >= 11 is 0. The van der Waals surface area contributed by atoms with Crippen LogP contribution in [0.5, 0.6) is 0 Å². The average molecular weight is 403 g/mol. The van der Waals surface area contributed by atoms with Crippen LogP contribution in [0.4, 0.5) is 0 Å². The van der Waals surface area contributed by atoms with Crippen molar-refractivity contribution in [1.82, 2.24) is 14.7 Å². The summed E-state index contributed by atoms with van der Waals surface area (Å²) in [5.41, 5.74) is -0.318. The first-order valence-corrected chi connectivity index (χ1v) is 10.0. The molecule has 0 bridgehead atoms. The Hall–Kier alpha value is -2.45. The molecule has 2 saturated heterocycles. The lowest BCUT2D eigenvalue weighted by molar-refractivity contribution is -0.162. The molecule has 0 aliphatic carbocycles. The number of aliphatic hydroxyl groups is 1. The highest BCUT2D eigenvalue weighted by atomic mass is 16.5. The molecule has 2 amide bonds. The fourth-order valence-corrected chi connectivity index (χ4v) is 3.98. The number of rotatable bonds is 7. The molecule has 8 nitrogen and oxygen atoms in total. The molecule has 2 aliphatic heterocycles. The molecule has 0 radical (unpaired) electrons. The molecule has 2 aliphatic rings. The number of carbonyl (C=O) groups excluding carboxylic acids is 3. The van der Waals surface area contributed by atoms with Gasteiger partial charge in [-0.25, -0.2) is 0 Å². The minimum absolute atomic E-state index is 0.0698. The van der Waals surface area contributed by atoms with E-state index < -0.39 is 11.6 Å². The second kappa shape index (κ2) is 9.37. The first-order chi connectivity index (χ1) is 13.9. The van der Waals surface area contributed by atoms with Crippen LogP contribution in [0.1, 0.15) is 18.4 Å². The number of nitrogens with zero attached hydrogens (tertiary/aromatic N) is 3. The molecule has 2 fully saturated rings. The van der Waals surface area contributed by atoms with E-state index >= 15 is 0 Å². The second-order valence-corrected chi connectivity index (χ2v) is 7.77. The van der Waals surface area contributed by atoms with Crippen molar-refractivity contribution in [3.05, 3.63) is 35.9 Å². The van der Waals surface area contributed by atoms with Crippen LogP contribution in [0.25, 0.3) is 0 Å². The van der Waals surface area contributed by atoms with Gasteiger partial charge in [-0.2, -0.15) is 0 Å². The maximum Gasteiger partial charge on any atom is 0.325 e. The van der Waals surface area contributed by atoms with E-state index in [9.17, 15) is 19.5 Å². The number of carbonyl (C=O) groups is 3.